The molecule has 3 aromatic rings. The van der Waals surface area contributed by atoms with Crippen molar-refractivity contribution in [2.75, 3.05) is 33.3 Å². The fourth-order valence-electron chi connectivity index (χ4n) is 4.51. The van der Waals surface area contributed by atoms with Gasteiger partial charge in [0.05, 0.1) is 24.1 Å². The van der Waals surface area contributed by atoms with Gasteiger partial charge in [0.25, 0.3) is 5.91 Å². The normalized spacial score (nSPS) is 15.6. The third-order valence-corrected chi connectivity index (χ3v) is 6.57. The van der Waals surface area contributed by atoms with Crippen LogP contribution in [0.2, 0.25) is 0 Å². The molecule has 1 atom stereocenters. The van der Waals surface area contributed by atoms with Gasteiger partial charge in [0.1, 0.15) is 11.3 Å². The second-order valence-corrected chi connectivity index (χ2v) is 8.28. The maximum absolute atomic E-state index is 13.7. The van der Waals surface area contributed by atoms with Gasteiger partial charge >= 0.3 is 0 Å². The van der Waals surface area contributed by atoms with Gasteiger partial charge in [0, 0.05) is 18.7 Å². The summed E-state index contributed by atoms with van der Waals surface area (Å²) in [5.74, 6) is 0.534. The lowest BCUT2D eigenvalue weighted by Crippen LogP contribution is -2.38. The lowest BCUT2D eigenvalue weighted by molar-refractivity contribution is 0.0706. The van der Waals surface area contributed by atoms with Crippen LogP contribution >= 0.6 is 0 Å². The zero-order valence-electron chi connectivity index (χ0n) is 19.4. The van der Waals surface area contributed by atoms with Crippen molar-refractivity contribution in [3.63, 3.8) is 0 Å². The molecule has 1 aliphatic rings. The molecule has 0 fully saturated rings. The summed E-state index contributed by atoms with van der Waals surface area (Å²) in [5, 5.41) is 0.505. The van der Waals surface area contributed by atoms with Gasteiger partial charge < -0.3 is 19.0 Å². The third-order valence-electron chi connectivity index (χ3n) is 6.57. The minimum atomic E-state index is -0.550. The number of amides is 1. The lowest BCUT2D eigenvalue weighted by Gasteiger charge is -2.28. The summed E-state index contributed by atoms with van der Waals surface area (Å²) in [6, 6.07) is 10.7. The van der Waals surface area contributed by atoms with E-state index in [4.69, 9.17) is 9.15 Å². The van der Waals surface area contributed by atoms with E-state index in [0.717, 1.165) is 29.8 Å². The molecule has 6 nitrogen and oxygen atoms in total. The molecule has 2 heterocycles. The van der Waals surface area contributed by atoms with E-state index < -0.39 is 6.04 Å². The van der Waals surface area contributed by atoms with Crippen LogP contribution in [0, 0.1) is 13.8 Å². The zero-order valence-corrected chi connectivity index (χ0v) is 19.4. The van der Waals surface area contributed by atoms with E-state index in [0.29, 0.717) is 35.4 Å². The zero-order chi connectivity index (χ0) is 23.0. The van der Waals surface area contributed by atoms with E-state index in [1.165, 1.54) is 0 Å². The van der Waals surface area contributed by atoms with E-state index in [2.05, 4.69) is 18.7 Å². The van der Waals surface area contributed by atoms with Gasteiger partial charge in [-0.1, -0.05) is 32.0 Å². The molecule has 168 valence electrons. The predicted octanol–water partition coefficient (Wildman–Crippen LogP) is 4.31. The van der Waals surface area contributed by atoms with E-state index in [1.807, 2.05) is 50.2 Å². The Hall–Kier alpha value is -3.12. The Kier molecular flexibility index (Phi) is 6.07. The Morgan fingerprint density at radius 2 is 1.75 bits per heavy atom. The van der Waals surface area contributed by atoms with Gasteiger partial charge in [-0.15, -0.1) is 0 Å². The van der Waals surface area contributed by atoms with Crippen LogP contribution in [-0.2, 0) is 0 Å². The van der Waals surface area contributed by atoms with E-state index in [1.54, 1.807) is 12.0 Å². The Labute approximate surface area is 188 Å². The molecule has 0 radical (unpaired) electrons. The SMILES string of the molecule is CCN(CC)CCN1C(=O)c2oc3cc(C)c(C)cc3c(=O)c2C1c1ccccc1OC. The molecular weight excluding hydrogens is 404 g/mol. The minimum absolute atomic E-state index is 0.140. The van der Waals surface area contributed by atoms with E-state index >= 15 is 0 Å². The summed E-state index contributed by atoms with van der Waals surface area (Å²) in [7, 11) is 1.60. The van der Waals surface area contributed by atoms with Crippen LogP contribution in [0.1, 0.15) is 52.7 Å². The summed E-state index contributed by atoms with van der Waals surface area (Å²) >= 11 is 0. The number of methoxy groups -OCH3 is 1. The Morgan fingerprint density at radius 3 is 2.44 bits per heavy atom. The highest BCUT2D eigenvalue weighted by Gasteiger charge is 2.43. The van der Waals surface area contributed by atoms with Crippen molar-refractivity contribution in [1.29, 1.82) is 0 Å². The minimum Gasteiger partial charge on any atom is -0.496 e. The number of hydrogen-bond acceptors (Lipinski definition) is 5. The molecule has 0 aliphatic carbocycles. The number of nitrogens with zero attached hydrogens (tertiary/aromatic N) is 2. The summed E-state index contributed by atoms with van der Waals surface area (Å²) < 4.78 is 11.7. The standard InChI is InChI=1S/C26H30N2O4/c1-6-27(7-2)12-13-28-23(18-10-8-9-11-20(18)31-5)22-24(29)19-14-16(3)17(4)15-21(19)32-25(22)26(28)30/h8-11,14-15,23H,6-7,12-13H2,1-5H3. The molecule has 32 heavy (non-hydrogen) atoms. The van der Waals surface area contributed by atoms with Crippen molar-refractivity contribution in [3.8, 4) is 5.75 Å². The fourth-order valence-corrected chi connectivity index (χ4v) is 4.51. The van der Waals surface area contributed by atoms with Gasteiger partial charge in [0.2, 0.25) is 5.76 Å². The molecule has 1 amide bonds. The quantitative estimate of drug-likeness (QED) is 0.555. The van der Waals surface area contributed by atoms with E-state index in [-0.39, 0.29) is 17.1 Å². The monoisotopic (exact) mass is 434 g/mol. The molecule has 0 bridgehead atoms. The summed E-state index contributed by atoms with van der Waals surface area (Å²) in [6.45, 7) is 11.1. The first-order chi connectivity index (χ1) is 15.4. The van der Waals surface area contributed by atoms with Crippen molar-refractivity contribution in [2.24, 2.45) is 0 Å². The Balaban J connectivity index is 1.93. The first-order valence-electron chi connectivity index (χ1n) is 11.1. The van der Waals surface area contributed by atoms with Crippen molar-refractivity contribution < 1.29 is 13.9 Å². The smallest absolute Gasteiger partial charge is 0.290 e. The molecule has 4 rings (SSSR count). The molecule has 0 saturated heterocycles. The number of hydrogen-bond donors (Lipinski definition) is 0. The fraction of sp³-hybridized carbons (Fsp3) is 0.385. The molecule has 1 aromatic heterocycles. The van der Waals surface area contributed by atoms with Crippen molar-refractivity contribution in [3.05, 3.63) is 74.6 Å². The molecule has 0 saturated carbocycles. The average molecular weight is 435 g/mol. The number of para-hydroxylation sites is 1. The number of carbonyl (C=O) groups is 1. The molecule has 1 aliphatic heterocycles. The largest absolute Gasteiger partial charge is 0.496 e. The first kappa shape index (κ1) is 22.1. The van der Waals surface area contributed by atoms with Crippen molar-refractivity contribution in [2.45, 2.75) is 33.7 Å². The number of likely N-dealkylation sites (N-methyl/N-ethyl adjacent to an activating group) is 1. The number of ether oxygens (including phenoxy) is 1. The maximum Gasteiger partial charge on any atom is 0.290 e. The number of rotatable bonds is 7. The van der Waals surface area contributed by atoms with E-state index in [9.17, 15) is 9.59 Å². The maximum atomic E-state index is 13.7. The highest BCUT2D eigenvalue weighted by atomic mass is 16.5. The second kappa shape index (κ2) is 8.79. The van der Waals surface area contributed by atoms with Crippen molar-refractivity contribution >= 4 is 16.9 Å². The number of carbonyl (C=O) groups excluding carboxylic acids is 1. The second-order valence-electron chi connectivity index (χ2n) is 8.28. The van der Waals surface area contributed by atoms with Crippen molar-refractivity contribution in [1.82, 2.24) is 9.80 Å². The summed E-state index contributed by atoms with van der Waals surface area (Å²) in [6.07, 6.45) is 0. The molecule has 0 N–H and O–H groups in total. The van der Waals surface area contributed by atoms with Crippen LogP contribution in [0.5, 0.6) is 5.75 Å². The molecule has 6 heteroatoms. The summed E-state index contributed by atoms with van der Waals surface area (Å²) in [4.78, 5) is 31.3. The highest BCUT2D eigenvalue weighted by molar-refractivity contribution is 5.99. The average Bonchev–Trinajstić information content (AvgIpc) is 3.07. The van der Waals surface area contributed by atoms with Gasteiger partial charge in [0.15, 0.2) is 5.43 Å². The van der Waals surface area contributed by atoms with Crippen LogP contribution in [0.15, 0.2) is 45.6 Å². The number of aryl methyl sites for hydroxylation is 2. The van der Waals surface area contributed by atoms with Crippen LogP contribution in [-0.4, -0.2) is 49.0 Å². The van der Waals surface area contributed by atoms with Crippen LogP contribution < -0.4 is 10.2 Å². The van der Waals surface area contributed by atoms with Crippen LogP contribution in [0.4, 0.5) is 0 Å². The van der Waals surface area contributed by atoms with Crippen LogP contribution in [0.3, 0.4) is 0 Å². The third kappa shape index (κ3) is 3.58. The van der Waals surface area contributed by atoms with Gasteiger partial charge in [-0.3, -0.25) is 9.59 Å². The summed E-state index contributed by atoms with van der Waals surface area (Å²) in [5.41, 5.74) is 3.52. The highest BCUT2D eigenvalue weighted by Crippen LogP contribution is 2.41. The number of fused-ring (bicyclic) bond motifs is 2. The molecule has 0 spiro atoms. The van der Waals surface area contributed by atoms with Gasteiger partial charge in [-0.2, -0.15) is 0 Å². The van der Waals surface area contributed by atoms with Gasteiger partial charge in [-0.05, 0) is 56.3 Å². The molecule has 2 aromatic carbocycles. The lowest BCUT2D eigenvalue weighted by atomic mass is 9.96. The molecule has 1 unspecified atom stereocenters. The topological polar surface area (TPSA) is 63.0 Å². The van der Waals surface area contributed by atoms with Crippen LogP contribution in [0.25, 0.3) is 11.0 Å². The Morgan fingerprint density at radius 1 is 1.06 bits per heavy atom. The predicted molar refractivity (Wildman–Crippen MR) is 126 cm³/mol. The number of benzene rings is 2. The first-order valence-corrected chi connectivity index (χ1v) is 11.1. The Bertz CT molecular complexity index is 1230. The molecular formula is C26H30N2O4. The van der Waals surface area contributed by atoms with Gasteiger partial charge in [-0.25, -0.2) is 0 Å².